The number of guanidine groups is 1. The summed E-state index contributed by atoms with van der Waals surface area (Å²) >= 11 is 1.79. The van der Waals surface area contributed by atoms with Crippen molar-refractivity contribution in [1.82, 2.24) is 30.4 Å². The van der Waals surface area contributed by atoms with Crippen LogP contribution in [0.4, 0.5) is 0 Å². The van der Waals surface area contributed by atoms with E-state index in [-0.39, 0.29) is 0 Å². The van der Waals surface area contributed by atoms with Gasteiger partial charge in [0.1, 0.15) is 11.6 Å². The highest BCUT2D eigenvalue weighted by Crippen LogP contribution is 2.14. The molecule has 1 aliphatic rings. The van der Waals surface area contributed by atoms with Crippen molar-refractivity contribution in [2.75, 3.05) is 13.6 Å². The van der Waals surface area contributed by atoms with Crippen LogP contribution >= 0.6 is 11.3 Å². The quantitative estimate of drug-likeness (QED) is 0.630. The molecule has 2 aromatic rings. The van der Waals surface area contributed by atoms with Gasteiger partial charge >= 0.3 is 0 Å². The van der Waals surface area contributed by atoms with E-state index >= 15 is 0 Å². The minimum Gasteiger partial charge on any atom is -0.356 e. The number of rotatable bonds is 5. The predicted octanol–water partition coefficient (Wildman–Crippen LogP) is 1.33. The summed E-state index contributed by atoms with van der Waals surface area (Å²) in [5.74, 6) is 2.78. The second-order valence-corrected chi connectivity index (χ2v) is 7.16. The van der Waals surface area contributed by atoms with Crippen molar-refractivity contribution in [2.24, 2.45) is 4.99 Å². The second kappa shape index (κ2) is 7.74. The third-order valence-corrected chi connectivity index (χ3v) is 5.31. The first-order chi connectivity index (χ1) is 11.7. The van der Waals surface area contributed by atoms with E-state index in [2.05, 4.69) is 37.6 Å². The van der Waals surface area contributed by atoms with Crippen LogP contribution in [0.1, 0.15) is 34.9 Å². The smallest absolute Gasteiger partial charge is 0.191 e. The number of aliphatic imine (C=N–C) groups is 1. The summed E-state index contributed by atoms with van der Waals surface area (Å²) in [4.78, 5) is 14.6. The molecule has 8 heteroatoms. The Kier molecular flexibility index (Phi) is 5.44. The number of aryl methyl sites for hydroxylation is 3. The van der Waals surface area contributed by atoms with Gasteiger partial charge in [-0.2, -0.15) is 5.10 Å². The largest absolute Gasteiger partial charge is 0.356 e. The maximum Gasteiger partial charge on any atom is 0.191 e. The van der Waals surface area contributed by atoms with Gasteiger partial charge in [0, 0.05) is 43.5 Å². The molecule has 130 valence electrons. The molecule has 0 saturated heterocycles. The Morgan fingerprint density at radius 2 is 2.38 bits per heavy atom. The Hall–Kier alpha value is -1.96. The number of aromatic nitrogens is 4. The van der Waals surface area contributed by atoms with Crippen LogP contribution in [0, 0.1) is 6.92 Å². The zero-order chi connectivity index (χ0) is 16.9. The molecule has 0 saturated carbocycles. The number of hydrogen-bond acceptors (Lipinski definition) is 5. The summed E-state index contributed by atoms with van der Waals surface area (Å²) in [5.41, 5.74) is 0. The zero-order valence-corrected chi connectivity index (χ0v) is 15.4. The van der Waals surface area contributed by atoms with E-state index in [9.17, 15) is 0 Å². The summed E-state index contributed by atoms with van der Waals surface area (Å²) in [6.45, 7) is 5.77. The molecular weight excluding hydrogens is 322 g/mol. The van der Waals surface area contributed by atoms with Crippen molar-refractivity contribution in [3.63, 3.8) is 0 Å². The third kappa shape index (κ3) is 4.11. The molecule has 0 bridgehead atoms. The summed E-state index contributed by atoms with van der Waals surface area (Å²) in [6, 6.07) is 0.330. The number of hydrogen-bond donors (Lipinski definition) is 2. The molecule has 0 amide bonds. The van der Waals surface area contributed by atoms with Crippen molar-refractivity contribution >= 4 is 17.3 Å². The van der Waals surface area contributed by atoms with Crippen LogP contribution < -0.4 is 10.6 Å². The normalized spacial score (nSPS) is 17.6. The van der Waals surface area contributed by atoms with Crippen molar-refractivity contribution in [3.05, 3.63) is 27.7 Å². The summed E-state index contributed by atoms with van der Waals surface area (Å²) < 4.78 is 2.01. The highest BCUT2D eigenvalue weighted by molar-refractivity contribution is 7.11. The molecule has 1 unspecified atom stereocenters. The van der Waals surface area contributed by atoms with Gasteiger partial charge in [-0.15, -0.1) is 11.3 Å². The predicted molar refractivity (Wildman–Crippen MR) is 96.6 cm³/mol. The van der Waals surface area contributed by atoms with Crippen molar-refractivity contribution < 1.29 is 0 Å². The summed E-state index contributed by atoms with van der Waals surface area (Å²) in [5, 5.41) is 12.5. The van der Waals surface area contributed by atoms with Crippen LogP contribution in [0.3, 0.4) is 0 Å². The summed E-state index contributed by atoms with van der Waals surface area (Å²) in [7, 11) is 1.81. The monoisotopic (exact) mass is 347 g/mol. The van der Waals surface area contributed by atoms with E-state index in [1.165, 1.54) is 9.88 Å². The van der Waals surface area contributed by atoms with E-state index in [1.54, 1.807) is 11.3 Å². The molecule has 1 aliphatic heterocycles. The fraction of sp³-hybridized carbons (Fsp3) is 0.625. The molecule has 24 heavy (non-hydrogen) atoms. The van der Waals surface area contributed by atoms with Gasteiger partial charge in [0.05, 0.1) is 11.6 Å². The first-order valence-electron chi connectivity index (χ1n) is 8.49. The van der Waals surface area contributed by atoms with Gasteiger partial charge in [0.25, 0.3) is 0 Å². The number of fused-ring (bicyclic) bond motifs is 1. The molecule has 2 N–H and O–H groups in total. The van der Waals surface area contributed by atoms with E-state index in [4.69, 9.17) is 0 Å². The lowest BCUT2D eigenvalue weighted by atomic mass is 10.1. The lowest BCUT2D eigenvalue weighted by Gasteiger charge is -2.25. The molecule has 0 radical (unpaired) electrons. The van der Waals surface area contributed by atoms with Gasteiger partial charge < -0.3 is 10.6 Å². The average molecular weight is 347 g/mol. The second-order valence-electron chi connectivity index (χ2n) is 5.96. The van der Waals surface area contributed by atoms with Crippen molar-refractivity contribution in [3.8, 4) is 0 Å². The van der Waals surface area contributed by atoms with Crippen LogP contribution in [0.2, 0.25) is 0 Å². The molecule has 0 spiro atoms. The molecular formula is C16H25N7S. The highest BCUT2D eigenvalue weighted by Gasteiger charge is 2.21. The molecule has 3 rings (SSSR count). The van der Waals surface area contributed by atoms with Gasteiger partial charge in [-0.3, -0.25) is 4.99 Å². The van der Waals surface area contributed by atoms with Crippen LogP contribution in [-0.2, 0) is 25.8 Å². The van der Waals surface area contributed by atoms with Crippen LogP contribution in [0.5, 0.6) is 0 Å². The number of thiazole rings is 1. The Labute approximate surface area is 146 Å². The first kappa shape index (κ1) is 16.9. The van der Waals surface area contributed by atoms with E-state index < -0.39 is 0 Å². The Bertz CT molecular complexity index is 703. The molecule has 1 atom stereocenters. The molecule has 0 aromatic carbocycles. The van der Waals surface area contributed by atoms with Crippen molar-refractivity contribution in [2.45, 2.75) is 52.1 Å². The maximum atomic E-state index is 4.45. The van der Waals surface area contributed by atoms with Crippen molar-refractivity contribution in [1.29, 1.82) is 0 Å². The molecule has 7 nitrogen and oxygen atoms in total. The van der Waals surface area contributed by atoms with Gasteiger partial charge in [-0.1, -0.05) is 6.92 Å². The molecule has 2 aromatic heterocycles. The van der Waals surface area contributed by atoms with Crippen LogP contribution in [-0.4, -0.2) is 45.3 Å². The zero-order valence-electron chi connectivity index (χ0n) is 14.5. The first-order valence-corrected chi connectivity index (χ1v) is 9.30. The van der Waals surface area contributed by atoms with Gasteiger partial charge in [-0.25, -0.2) is 14.6 Å². The standard InChI is InChI=1S/C16H25N7S/c1-4-13-9-19-15(24-13)7-8-18-16(17-3)21-12-5-6-14-20-11(2)22-23(14)10-12/h9,12H,4-8,10H2,1-3H3,(H2,17,18,21). The Morgan fingerprint density at radius 3 is 3.12 bits per heavy atom. The molecule has 0 aliphatic carbocycles. The lowest BCUT2D eigenvalue weighted by Crippen LogP contribution is -2.47. The van der Waals surface area contributed by atoms with Gasteiger partial charge in [0.15, 0.2) is 5.96 Å². The topological polar surface area (TPSA) is 80.0 Å². The fourth-order valence-electron chi connectivity index (χ4n) is 2.85. The van der Waals surface area contributed by atoms with Crippen LogP contribution in [0.15, 0.2) is 11.2 Å². The Balaban J connectivity index is 1.47. The Morgan fingerprint density at radius 1 is 1.50 bits per heavy atom. The SMILES string of the molecule is CCc1cnc(CCNC(=NC)NC2CCc3nc(C)nn3C2)s1. The molecule has 0 fully saturated rings. The van der Waals surface area contributed by atoms with E-state index in [0.717, 1.165) is 56.4 Å². The van der Waals surface area contributed by atoms with Gasteiger partial charge in [-0.05, 0) is 19.8 Å². The average Bonchev–Trinajstić information content (AvgIpc) is 3.18. The van der Waals surface area contributed by atoms with E-state index in [1.807, 2.05) is 24.9 Å². The number of nitrogens with zero attached hydrogens (tertiary/aromatic N) is 5. The van der Waals surface area contributed by atoms with Crippen LogP contribution in [0.25, 0.3) is 0 Å². The summed E-state index contributed by atoms with van der Waals surface area (Å²) in [6.07, 6.45) is 5.95. The maximum absolute atomic E-state index is 4.45. The molecule has 3 heterocycles. The lowest BCUT2D eigenvalue weighted by molar-refractivity contribution is 0.392. The van der Waals surface area contributed by atoms with E-state index in [0.29, 0.717) is 6.04 Å². The minimum atomic E-state index is 0.330. The minimum absolute atomic E-state index is 0.330. The third-order valence-electron chi connectivity index (χ3n) is 4.11. The highest BCUT2D eigenvalue weighted by atomic mass is 32.1. The number of nitrogens with one attached hydrogen (secondary N) is 2. The fourth-order valence-corrected chi connectivity index (χ4v) is 3.72. The van der Waals surface area contributed by atoms with Gasteiger partial charge in [0.2, 0.25) is 0 Å².